The van der Waals surface area contributed by atoms with Gasteiger partial charge in [0.25, 0.3) is 0 Å². The highest BCUT2D eigenvalue weighted by atomic mass is 19.2. The number of halogens is 2. The molecular formula is C19H20F2N4. The molecule has 2 aromatic rings. The van der Waals surface area contributed by atoms with Gasteiger partial charge in [0, 0.05) is 30.9 Å². The number of anilines is 1. The summed E-state index contributed by atoms with van der Waals surface area (Å²) in [5.74, 6) is -0.261. The van der Waals surface area contributed by atoms with Gasteiger partial charge in [0.2, 0.25) is 5.95 Å². The Morgan fingerprint density at radius 2 is 1.72 bits per heavy atom. The van der Waals surface area contributed by atoms with Crippen LogP contribution in [0, 0.1) is 17.6 Å². The van der Waals surface area contributed by atoms with Gasteiger partial charge in [-0.15, -0.1) is 0 Å². The fourth-order valence-electron chi connectivity index (χ4n) is 5.17. The first-order valence-electron chi connectivity index (χ1n) is 8.95. The van der Waals surface area contributed by atoms with Gasteiger partial charge in [-0.3, -0.25) is 4.90 Å². The van der Waals surface area contributed by atoms with Crippen LogP contribution in [0.2, 0.25) is 0 Å². The second kappa shape index (κ2) is 5.73. The third-order valence-corrected chi connectivity index (χ3v) is 6.18. The molecule has 0 radical (unpaired) electrons. The average Bonchev–Trinajstić information content (AvgIpc) is 3.08. The van der Waals surface area contributed by atoms with Gasteiger partial charge in [0.05, 0.1) is 6.04 Å². The minimum atomic E-state index is -0.764. The van der Waals surface area contributed by atoms with Crippen molar-refractivity contribution in [2.24, 2.45) is 5.92 Å². The Hall–Kier alpha value is -2.08. The van der Waals surface area contributed by atoms with Gasteiger partial charge in [-0.2, -0.15) is 0 Å². The minimum absolute atomic E-state index is 0.0624. The summed E-state index contributed by atoms with van der Waals surface area (Å²) in [4.78, 5) is 13.6. The van der Waals surface area contributed by atoms with E-state index in [1.54, 1.807) is 30.6 Å². The Morgan fingerprint density at radius 3 is 2.48 bits per heavy atom. The molecule has 3 atom stereocenters. The number of hydrogen-bond donors (Lipinski definition) is 0. The van der Waals surface area contributed by atoms with Crippen LogP contribution in [0.5, 0.6) is 0 Å². The molecule has 4 saturated heterocycles. The van der Waals surface area contributed by atoms with Gasteiger partial charge >= 0.3 is 0 Å². The third kappa shape index (κ3) is 2.27. The third-order valence-electron chi connectivity index (χ3n) is 6.18. The zero-order chi connectivity index (χ0) is 17.0. The standard InChI is InChI=1S/C19H20F2N4/c20-15-4-1-3-13(16(15)21)14-11-25(19-22-7-2-8-23-19)17-12-5-9-24(10-6-12)18(14)17/h1-4,7-8,12,14,17-18H,5-6,9-11H2/t14-,17-,18-/m1/s1. The van der Waals surface area contributed by atoms with Crippen molar-refractivity contribution in [1.29, 1.82) is 0 Å². The number of benzene rings is 1. The second-order valence-corrected chi connectivity index (χ2v) is 7.31. The highest BCUT2D eigenvalue weighted by Gasteiger charge is 2.54. The Kier molecular flexibility index (Phi) is 3.48. The second-order valence-electron chi connectivity index (χ2n) is 7.31. The van der Waals surface area contributed by atoms with Crippen LogP contribution in [0.1, 0.15) is 24.3 Å². The maximum Gasteiger partial charge on any atom is 0.225 e. The largest absolute Gasteiger partial charge is 0.335 e. The summed E-state index contributed by atoms with van der Waals surface area (Å²) < 4.78 is 28.4. The van der Waals surface area contributed by atoms with Gasteiger partial charge in [0.15, 0.2) is 11.6 Å². The van der Waals surface area contributed by atoms with Crippen LogP contribution in [0.4, 0.5) is 14.7 Å². The lowest BCUT2D eigenvalue weighted by atomic mass is 9.75. The van der Waals surface area contributed by atoms with E-state index in [9.17, 15) is 8.78 Å². The van der Waals surface area contributed by atoms with Gasteiger partial charge in [-0.25, -0.2) is 18.7 Å². The van der Waals surface area contributed by atoms with E-state index in [2.05, 4.69) is 19.8 Å². The number of nitrogens with zero attached hydrogens (tertiary/aromatic N) is 4. The van der Waals surface area contributed by atoms with Gasteiger partial charge in [-0.05, 0) is 49.5 Å². The van der Waals surface area contributed by atoms with E-state index in [0.29, 0.717) is 24.0 Å². The van der Waals surface area contributed by atoms with Crippen LogP contribution in [-0.4, -0.2) is 46.6 Å². The van der Waals surface area contributed by atoms with Gasteiger partial charge < -0.3 is 4.90 Å². The lowest BCUT2D eigenvalue weighted by molar-refractivity contribution is 0.0348. The van der Waals surface area contributed by atoms with Crippen LogP contribution in [-0.2, 0) is 0 Å². The number of aromatic nitrogens is 2. The zero-order valence-corrected chi connectivity index (χ0v) is 13.9. The maximum absolute atomic E-state index is 14.5. The quantitative estimate of drug-likeness (QED) is 0.840. The Balaban J connectivity index is 1.59. The molecule has 4 fully saturated rings. The SMILES string of the molecule is Fc1cccc([C@H]2CN(c3ncccn3)[C@@H]3C4CCN(CC4)[C@H]23)c1F. The topological polar surface area (TPSA) is 32.3 Å². The number of piperidine rings is 3. The molecule has 0 unspecified atom stereocenters. The molecule has 0 N–H and O–H groups in total. The molecule has 6 heteroatoms. The van der Waals surface area contributed by atoms with Crippen molar-refractivity contribution in [1.82, 2.24) is 14.9 Å². The highest BCUT2D eigenvalue weighted by Crippen LogP contribution is 2.47. The molecule has 5 heterocycles. The first-order chi connectivity index (χ1) is 12.2. The van der Waals surface area contributed by atoms with Crippen molar-refractivity contribution in [3.05, 3.63) is 53.9 Å². The van der Waals surface area contributed by atoms with Crippen LogP contribution in [0.25, 0.3) is 0 Å². The fourth-order valence-corrected chi connectivity index (χ4v) is 5.17. The van der Waals surface area contributed by atoms with Gasteiger partial charge in [0.1, 0.15) is 0 Å². The summed E-state index contributed by atoms with van der Waals surface area (Å²) >= 11 is 0. The molecule has 4 aliphatic rings. The van der Waals surface area contributed by atoms with Crippen molar-refractivity contribution < 1.29 is 8.78 Å². The maximum atomic E-state index is 14.5. The summed E-state index contributed by atoms with van der Waals surface area (Å²) in [6.07, 6.45) is 5.80. The van der Waals surface area contributed by atoms with E-state index in [-0.39, 0.29) is 18.0 Å². The smallest absolute Gasteiger partial charge is 0.225 e. The molecule has 0 amide bonds. The fraction of sp³-hybridized carbons (Fsp3) is 0.474. The number of hydrogen-bond acceptors (Lipinski definition) is 4. The Morgan fingerprint density at radius 1 is 0.960 bits per heavy atom. The molecule has 2 bridgehead atoms. The predicted molar refractivity (Wildman–Crippen MR) is 90.4 cm³/mol. The Bertz CT molecular complexity index is 776. The average molecular weight is 342 g/mol. The first-order valence-corrected chi connectivity index (χ1v) is 8.95. The van der Waals surface area contributed by atoms with E-state index in [1.165, 1.54) is 6.07 Å². The summed E-state index contributed by atoms with van der Waals surface area (Å²) in [5.41, 5.74) is 0.487. The molecule has 6 rings (SSSR count). The number of fused-ring (bicyclic) bond motifs is 2. The van der Waals surface area contributed by atoms with Crippen molar-refractivity contribution in [3.8, 4) is 0 Å². The van der Waals surface area contributed by atoms with Crippen LogP contribution < -0.4 is 4.90 Å². The van der Waals surface area contributed by atoms with Gasteiger partial charge in [-0.1, -0.05) is 12.1 Å². The molecule has 0 spiro atoms. The molecule has 1 aromatic carbocycles. The van der Waals surface area contributed by atoms with E-state index in [1.807, 2.05) is 0 Å². The molecular weight excluding hydrogens is 322 g/mol. The van der Waals surface area contributed by atoms with Crippen LogP contribution in [0.3, 0.4) is 0 Å². The van der Waals surface area contributed by atoms with Crippen molar-refractivity contribution in [2.45, 2.75) is 30.8 Å². The van der Waals surface area contributed by atoms with E-state index in [0.717, 1.165) is 25.9 Å². The lowest BCUT2D eigenvalue weighted by Crippen LogP contribution is -2.60. The lowest BCUT2D eigenvalue weighted by Gasteiger charge is -2.51. The van der Waals surface area contributed by atoms with Crippen molar-refractivity contribution in [2.75, 3.05) is 24.5 Å². The summed E-state index contributed by atoms with van der Waals surface area (Å²) in [7, 11) is 0. The summed E-state index contributed by atoms with van der Waals surface area (Å²) in [5, 5.41) is 0. The van der Waals surface area contributed by atoms with E-state index in [4.69, 9.17) is 0 Å². The predicted octanol–water partition coefficient (Wildman–Crippen LogP) is 2.82. The normalized spacial score (nSPS) is 33.5. The summed E-state index contributed by atoms with van der Waals surface area (Å²) in [6, 6.07) is 6.82. The molecule has 1 aromatic heterocycles. The Labute approximate surface area is 145 Å². The van der Waals surface area contributed by atoms with Crippen LogP contribution in [0.15, 0.2) is 36.7 Å². The van der Waals surface area contributed by atoms with E-state index >= 15 is 0 Å². The van der Waals surface area contributed by atoms with Crippen LogP contribution >= 0.6 is 0 Å². The summed E-state index contributed by atoms with van der Waals surface area (Å²) in [6.45, 7) is 2.72. The molecule has 4 aliphatic heterocycles. The first kappa shape index (κ1) is 15.2. The van der Waals surface area contributed by atoms with E-state index < -0.39 is 11.6 Å². The molecule has 0 saturated carbocycles. The minimum Gasteiger partial charge on any atom is -0.335 e. The molecule has 25 heavy (non-hydrogen) atoms. The monoisotopic (exact) mass is 342 g/mol. The zero-order valence-electron chi connectivity index (χ0n) is 13.9. The van der Waals surface area contributed by atoms with Crippen molar-refractivity contribution >= 4 is 5.95 Å². The van der Waals surface area contributed by atoms with Crippen molar-refractivity contribution in [3.63, 3.8) is 0 Å². The molecule has 4 nitrogen and oxygen atoms in total. The highest BCUT2D eigenvalue weighted by molar-refractivity contribution is 5.42. The molecule has 0 aliphatic carbocycles. The number of rotatable bonds is 2. The molecule has 130 valence electrons.